The number of fused-ring (bicyclic) bond motifs is 1. The van der Waals surface area contributed by atoms with Gasteiger partial charge < -0.3 is 18.7 Å². The van der Waals surface area contributed by atoms with Crippen molar-refractivity contribution in [2.24, 2.45) is 0 Å². The van der Waals surface area contributed by atoms with E-state index in [0.717, 1.165) is 11.6 Å². The van der Waals surface area contributed by atoms with E-state index in [1.165, 1.54) is 18.2 Å². The minimum absolute atomic E-state index is 0.0170. The summed E-state index contributed by atoms with van der Waals surface area (Å²) in [5.74, 6) is 0.421. The average Bonchev–Trinajstić information content (AvgIpc) is 3.39. The summed E-state index contributed by atoms with van der Waals surface area (Å²) in [5, 5.41) is 15.1. The third-order valence-corrected chi connectivity index (χ3v) is 3.96. The quantitative estimate of drug-likeness (QED) is 0.268. The molecule has 0 unspecified atom stereocenters. The van der Waals surface area contributed by atoms with Crippen LogP contribution in [-0.4, -0.2) is 27.8 Å². The molecule has 0 fully saturated rings. The van der Waals surface area contributed by atoms with Crippen molar-refractivity contribution < 1.29 is 28.5 Å². The number of carbonyl (C=O) groups is 1. The fraction of sp³-hybridized carbons (Fsp3) is 0.105. The lowest BCUT2D eigenvalue weighted by Gasteiger charge is -2.01. The van der Waals surface area contributed by atoms with E-state index in [2.05, 4.69) is 10.1 Å². The van der Waals surface area contributed by atoms with Crippen LogP contribution in [0.15, 0.2) is 53.1 Å². The number of hydrogen-bond donors (Lipinski definition) is 0. The van der Waals surface area contributed by atoms with Crippen molar-refractivity contribution in [2.45, 2.75) is 6.61 Å². The van der Waals surface area contributed by atoms with Crippen molar-refractivity contribution in [2.75, 3.05) is 6.79 Å². The summed E-state index contributed by atoms with van der Waals surface area (Å²) in [6.45, 7) is -0.247. The molecule has 0 saturated heterocycles. The zero-order valence-electron chi connectivity index (χ0n) is 14.8. The summed E-state index contributed by atoms with van der Waals surface area (Å²) in [6, 6.07) is 11.9. The summed E-state index contributed by atoms with van der Waals surface area (Å²) in [5.41, 5.74) is 0.729. The number of ether oxygens (including phenoxy) is 3. The van der Waals surface area contributed by atoms with Crippen LogP contribution in [0.1, 0.15) is 11.5 Å². The summed E-state index contributed by atoms with van der Waals surface area (Å²) in [6.07, 6.45) is 2.34. The third-order valence-electron chi connectivity index (χ3n) is 3.96. The molecule has 1 aliphatic rings. The monoisotopic (exact) mass is 395 g/mol. The largest absolute Gasteiger partial charge is 0.454 e. The Morgan fingerprint density at radius 2 is 1.97 bits per heavy atom. The van der Waals surface area contributed by atoms with Gasteiger partial charge in [0.15, 0.2) is 18.1 Å². The molecule has 0 atom stereocenters. The molecular weight excluding hydrogens is 382 g/mol. The van der Waals surface area contributed by atoms with Crippen molar-refractivity contribution in [3.63, 3.8) is 0 Å². The molecule has 2 aromatic carbocycles. The van der Waals surface area contributed by atoms with Gasteiger partial charge in [0.1, 0.15) is 0 Å². The Balaban J connectivity index is 1.41. The zero-order chi connectivity index (χ0) is 20.2. The first-order valence-corrected chi connectivity index (χ1v) is 8.41. The van der Waals surface area contributed by atoms with Crippen LogP contribution in [-0.2, 0) is 16.1 Å². The summed E-state index contributed by atoms with van der Waals surface area (Å²) in [7, 11) is 0. The minimum atomic E-state index is -0.726. The van der Waals surface area contributed by atoms with Gasteiger partial charge in [0, 0.05) is 11.6 Å². The normalized spacial score (nSPS) is 12.3. The SMILES string of the molecule is O=C(/C=C/c1cc2c(cc1[N+](=O)[O-])OCO2)OCc1nc(-c2ccccc2)no1. The maximum absolute atomic E-state index is 12.0. The van der Waals surface area contributed by atoms with Gasteiger partial charge in [0.2, 0.25) is 12.6 Å². The highest BCUT2D eigenvalue weighted by Crippen LogP contribution is 2.38. The number of nitro groups is 1. The van der Waals surface area contributed by atoms with Gasteiger partial charge in [-0.3, -0.25) is 10.1 Å². The van der Waals surface area contributed by atoms with Gasteiger partial charge in [-0.2, -0.15) is 4.98 Å². The van der Waals surface area contributed by atoms with Crippen molar-refractivity contribution >= 4 is 17.7 Å². The maximum Gasteiger partial charge on any atom is 0.331 e. The number of rotatable bonds is 6. The van der Waals surface area contributed by atoms with Gasteiger partial charge in [0.05, 0.1) is 16.6 Å². The molecule has 0 bridgehead atoms. The molecule has 29 heavy (non-hydrogen) atoms. The number of carbonyl (C=O) groups excluding carboxylic acids is 1. The first kappa shape index (κ1) is 18.2. The second kappa shape index (κ2) is 7.80. The van der Waals surface area contributed by atoms with Crippen LogP contribution >= 0.6 is 0 Å². The van der Waals surface area contributed by atoms with Crippen molar-refractivity contribution in [1.29, 1.82) is 0 Å². The molecular formula is C19H13N3O7. The predicted molar refractivity (Wildman–Crippen MR) is 97.8 cm³/mol. The minimum Gasteiger partial charge on any atom is -0.454 e. The van der Waals surface area contributed by atoms with Crippen LogP contribution in [0.3, 0.4) is 0 Å². The molecule has 0 radical (unpaired) electrons. The molecule has 2 heterocycles. The highest BCUT2D eigenvalue weighted by atomic mass is 16.7. The van der Waals surface area contributed by atoms with E-state index in [1.54, 1.807) is 0 Å². The molecule has 0 saturated carbocycles. The number of nitro benzene ring substituents is 1. The zero-order valence-corrected chi connectivity index (χ0v) is 14.8. The van der Waals surface area contributed by atoms with E-state index >= 15 is 0 Å². The van der Waals surface area contributed by atoms with Gasteiger partial charge in [-0.15, -0.1) is 0 Å². The predicted octanol–water partition coefficient (Wildman–Crippen LogP) is 3.13. The van der Waals surface area contributed by atoms with Gasteiger partial charge in [0.25, 0.3) is 11.6 Å². The lowest BCUT2D eigenvalue weighted by Crippen LogP contribution is -2.01. The molecule has 0 aliphatic carbocycles. The van der Waals surface area contributed by atoms with E-state index < -0.39 is 10.9 Å². The highest BCUT2D eigenvalue weighted by Gasteiger charge is 2.22. The van der Waals surface area contributed by atoms with E-state index in [4.69, 9.17) is 18.7 Å². The van der Waals surface area contributed by atoms with Gasteiger partial charge in [-0.25, -0.2) is 4.79 Å². The molecule has 146 valence electrons. The number of benzene rings is 2. The summed E-state index contributed by atoms with van der Waals surface area (Å²) >= 11 is 0. The van der Waals surface area contributed by atoms with E-state index in [0.29, 0.717) is 11.6 Å². The van der Waals surface area contributed by atoms with Crippen molar-refractivity contribution in [3.8, 4) is 22.9 Å². The van der Waals surface area contributed by atoms with Gasteiger partial charge in [-0.05, 0) is 12.1 Å². The van der Waals surface area contributed by atoms with E-state index in [1.807, 2.05) is 30.3 Å². The molecule has 10 heteroatoms. The maximum atomic E-state index is 12.0. The van der Waals surface area contributed by atoms with Crippen molar-refractivity contribution in [3.05, 3.63) is 70.1 Å². The van der Waals surface area contributed by atoms with Crippen molar-refractivity contribution in [1.82, 2.24) is 10.1 Å². The second-order valence-corrected chi connectivity index (χ2v) is 5.84. The number of hydrogen-bond acceptors (Lipinski definition) is 9. The lowest BCUT2D eigenvalue weighted by molar-refractivity contribution is -0.385. The summed E-state index contributed by atoms with van der Waals surface area (Å²) in [4.78, 5) is 26.8. The highest BCUT2D eigenvalue weighted by molar-refractivity contribution is 5.88. The standard InChI is InChI=1S/C19H13N3O7/c23-18(26-10-17-20-19(21-29-17)12-4-2-1-3-5-12)7-6-13-8-15-16(28-11-27-15)9-14(13)22(24)25/h1-9H,10-11H2/b7-6+. The molecule has 3 aromatic rings. The number of aromatic nitrogens is 2. The van der Waals surface area contributed by atoms with Crippen LogP contribution in [0.5, 0.6) is 11.5 Å². The number of nitrogens with zero attached hydrogens (tertiary/aromatic N) is 3. The van der Waals surface area contributed by atoms with E-state index in [-0.39, 0.29) is 36.3 Å². The third kappa shape index (κ3) is 4.05. The molecule has 4 rings (SSSR count). The second-order valence-electron chi connectivity index (χ2n) is 5.84. The van der Waals surface area contributed by atoms with Crippen LogP contribution in [0.25, 0.3) is 17.5 Å². The number of esters is 1. The Bertz CT molecular complexity index is 1090. The van der Waals surface area contributed by atoms with Crippen LogP contribution in [0.4, 0.5) is 5.69 Å². The lowest BCUT2D eigenvalue weighted by atomic mass is 10.1. The Kier molecular flexibility index (Phi) is 4.89. The van der Waals surface area contributed by atoms with Crippen LogP contribution in [0, 0.1) is 10.1 Å². The van der Waals surface area contributed by atoms with E-state index in [9.17, 15) is 14.9 Å². The Hall–Kier alpha value is -4.21. The van der Waals surface area contributed by atoms with Gasteiger partial charge >= 0.3 is 5.97 Å². The average molecular weight is 395 g/mol. The fourth-order valence-corrected chi connectivity index (χ4v) is 2.60. The summed E-state index contributed by atoms with van der Waals surface area (Å²) < 4.78 is 20.4. The van der Waals surface area contributed by atoms with Crippen LogP contribution < -0.4 is 9.47 Å². The Morgan fingerprint density at radius 1 is 1.21 bits per heavy atom. The smallest absolute Gasteiger partial charge is 0.331 e. The van der Waals surface area contributed by atoms with Crippen LogP contribution in [0.2, 0.25) is 0 Å². The topological polar surface area (TPSA) is 127 Å². The first-order valence-electron chi connectivity index (χ1n) is 8.41. The first-order chi connectivity index (χ1) is 14.1. The molecule has 1 aromatic heterocycles. The molecule has 1 aliphatic heterocycles. The Labute approximate surface area is 163 Å². The molecule has 0 N–H and O–H groups in total. The van der Waals surface area contributed by atoms with Gasteiger partial charge in [-0.1, -0.05) is 35.5 Å². The Morgan fingerprint density at radius 3 is 2.72 bits per heavy atom. The molecule has 0 spiro atoms. The molecule has 10 nitrogen and oxygen atoms in total. The fourth-order valence-electron chi connectivity index (χ4n) is 2.60. The molecule has 0 amide bonds.